The molecule has 6 aromatic rings. The Bertz CT molecular complexity index is 3940. The van der Waals surface area contributed by atoms with Gasteiger partial charge in [-0.2, -0.15) is 0 Å². The number of hydrogen-bond acceptors (Lipinski definition) is 15. The van der Waals surface area contributed by atoms with Gasteiger partial charge in [0.2, 0.25) is 11.8 Å². The monoisotopic (exact) mass is 1420 g/mol. The zero-order valence-corrected chi connectivity index (χ0v) is 60.8. The lowest BCUT2D eigenvalue weighted by Gasteiger charge is -2.38. The maximum absolute atomic E-state index is 14.9. The molecule has 0 bridgehead atoms. The Balaban J connectivity index is 0.000000165. The number of nitrogens with zero attached hydrogens (tertiary/aromatic N) is 8. The molecule has 0 spiro atoms. The summed E-state index contributed by atoms with van der Waals surface area (Å²) in [6.45, 7) is 26.3. The number of benzene rings is 3. The quantitative estimate of drug-likeness (QED) is 0.0758. The number of aliphatic carboxylic acids is 1. The number of likely N-dealkylation sites (tertiary alicyclic amines) is 2. The van der Waals surface area contributed by atoms with Crippen LogP contribution in [-0.2, 0) is 23.9 Å². The first-order valence-corrected chi connectivity index (χ1v) is 35.5. The lowest BCUT2D eigenvalue weighted by Crippen LogP contribution is -2.53. The molecule has 3 unspecified atom stereocenters. The highest BCUT2D eigenvalue weighted by Crippen LogP contribution is 2.40. The maximum atomic E-state index is 14.9. The van der Waals surface area contributed by atoms with E-state index >= 15 is 0 Å². The Labute approximate surface area is 594 Å². The molecule has 4 amide bonds. The molecule has 0 saturated carbocycles. The highest BCUT2D eigenvalue weighted by Gasteiger charge is 2.50. The fraction of sp³-hybridized carbons (Fsp3) is 0.579. The molecule has 9 atom stereocenters. The molecule has 6 fully saturated rings. The number of pyridine rings is 3. The van der Waals surface area contributed by atoms with Crippen LogP contribution in [0.5, 0.6) is 0 Å². The number of carbonyl (C=O) groups is 5. The van der Waals surface area contributed by atoms with Gasteiger partial charge < -0.3 is 60.8 Å². The van der Waals surface area contributed by atoms with E-state index in [9.17, 15) is 50.3 Å². The van der Waals surface area contributed by atoms with Crippen LogP contribution in [-0.4, -0.2) is 185 Å². The summed E-state index contributed by atoms with van der Waals surface area (Å²) in [6.07, 6.45) is 3.26. The van der Waals surface area contributed by atoms with Gasteiger partial charge in [0.15, 0.2) is 0 Å². The molecule has 6 saturated heterocycles. The zero-order valence-electron chi connectivity index (χ0n) is 60.8. The molecular formula is C76H102F6N12O8. The normalized spacial score (nSPS) is 24.6. The summed E-state index contributed by atoms with van der Waals surface area (Å²) in [6, 6.07) is 24.9. The number of rotatable bonds is 11. The van der Waals surface area contributed by atoms with Crippen molar-refractivity contribution < 1.29 is 64.9 Å². The number of piperidine rings is 3. The number of fused-ring (bicyclic) bond motifs is 3. The van der Waals surface area contributed by atoms with Crippen molar-refractivity contribution in [2.45, 2.75) is 169 Å². The number of alkyl halides is 6. The topological polar surface area (TPSA) is 241 Å². The molecular weight excluding hydrogens is 1320 g/mol. The average molecular weight is 1430 g/mol. The molecule has 9 heterocycles. The van der Waals surface area contributed by atoms with Crippen LogP contribution in [0.1, 0.15) is 118 Å². The van der Waals surface area contributed by atoms with Gasteiger partial charge in [0.25, 0.3) is 17.8 Å². The molecule has 102 heavy (non-hydrogen) atoms. The second kappa shape index (κ2) is 32.2. The average Bonchev–Trinajstić information content (AvgIpc) is 1.61. The second-order valence-electron chi connectivity index (χ2n) is 30.8. The number of ether oxygens (including phenoxy) is 2. The van der Waals surface area contributed by atoms with Crippen molar-refractivity contribution in [2.75, 3.05) is 93.2 Å². The van der Waals surface area contributed by atoms with Crippen LogP contribution >= 0.6 is 0 Å². The molecule has 6 aliphatic heterocycles. The number of anilines is 3. The standard InChI is InChI=1S/C27H36F2N4O3.C22H28F2N4O.C15H19N3.C12H19F2NO4/c1-17-8-9-22(20-7-6-11-30-24(17)20)33-14-18(2)21(15-33)31-23(34)13-19-10-12-32(16-27(19,28)29)25(35)36-26(3,4)5;1-14-5-6-19(17-4-3-8-26-21(14)17)28-11-15(2)18(12-28)27-20(29)10-16-7-9-25-13-22(16,23)24;1-10-5-6-14(12-4-3-7-17-15(10)12)18-8-11(2)13(16)9-18;1-11(2,3)19-10(18)15-5-4-8(6-9(16)17)12(13,14)7-15/h6-9,11,18-19,21H,10,12-16H2,1-5H3,(H,31,34);3-6,8,15-16,18,25H,7,9-13H2,1-2H3,(H,27,29);3-7,11,13H,8-9,16H2,1-2H3;8H,4-7H2,1-3H3,(H,16,17)/t18-,19?,21+;15-,16?,18+;11-,13+;/m111./s1. The minimum Gasteiger partial charge on any atom is -0.481 e. The van der Waals surface area contributed by atoms with Crippen LogP contribution in [0.4, 0.5) is 53.0 Å². The van der Waals surface area contributed by atoms with Crippen LogP contribution in [0.2, 0.25) is 0 Å². The fourth-order valence-corrected chi connectivity index (χ4v) is 14.4. The summed E-state index contributed by atoms with van der Waals surface area (Å²) in [7, 11) is 0. The Morgan fingerprint density at radius 1 is 0.529 bits per heavy atom. The molecule has 6 N–H and O–H groups in total. The van der Waals surface area contributed by atoms with E-state index in [1.54, 1.807) is 53.9 Å². The van der Waals surface area contributed by atoms with E-state index in [0.717, 1.165) is 85.8 Å². The van der Waals surface area contributed by atoms with Crippen molar-refractivity contribution in [3.63, 3.8) is 0 Å². The lowest BCUT2D eigenvalue weighted by molar-refractivity contribution is -0.149. The molecule has 3 aromatic carbocycles. The van der Waals surface area contributed by atoms with E-state index in [-0.39, 0.29) is 87.1 Å². The van der Waals surface area contributed by atoms with Gasteiger partial charge in [-0.3, -0.25) is 29.3 Å². The molecule has 556 valence electrons. The summed E-state index contributed by atoms with van der Waals surface area (Å²) in [4.78, 5) is 82.1. The number of carbonyl (C=O) groups excluding carboxylic acids is 4. The maximum Gasteiger partial charge on any atom is 0.410 e. The predicted octanol–water partition coefficient (Wildman–Crippen LogP) is 12.6. The Hall–Kier alpha value is -8.26. The van der Waals surface area contributed by atoms with Gasteiger partial charge >= 0.3 is 18.2 Å². The number of aromatic nitrogens is 3. The predicted molar refractivity (Wildman–Crippen MR) is 385 cm³/mol. The van der Waals surface area contributed by atoms with Crippen molar-refractivity contribution in [3.8, 4) is 0 Å². The largest absolute Gasteiger partial charge is 0.481 e. The van der Waals surface area contributed by atoms with Crippen LogP contribution in [0.15, 0.2) is 91.4 Å². The number of carboxylic acids is 1. The number of nitrogens with two attached hydrogens (primary N) is 1. The van der Waals surface area contributed by atoms with E-state index in [1.165, 1.54) is 16.6 Å². The van der Waals surface area contributed by atoms with Crippen molar-refractivity contribution in [1.82, 2.24) is 40.7 Å². The van der Waals surface area contributed by atoms with Gasteiger partial charge in [0.05, 0.1) is 54.7 Å². The molecule has 6 aliphatic rings. The number of amides is 4. The number of carboxylic acid groups (broad SMARTS) is 1. The van der Waals surface area contributed by atoms with E-state index < -0.39 is 84.4 Å². The second-order valence-corrected chi connectivity index (χ2v) is 30.8. The van der Waals surface area contributed by atoms with Crippen LogP contribution in [0.3, 0.4) is 0 Å². The minimum atomic E-state index is -3.20. The molecule has 20 nitrogen and oxygen atoms in total. The van der Waals surface area contributed by atoms with E-state index in [2.05, 4.69) is 116 Å². The first kappa shape index (κ1) is 77.9. The van der Waals surface area contributed by atoms with Gasteiger partial charge in [0, 0.05) is 141 Å². The smallest absolute Gasteiger partial charge is 0.410 e. The van der Waals surface area contributed by atoms with Gasteiger partial charge in [-0.15, -0.1) is 0 Å². The lowest BCUT2D eigenvalue weighted by atomic mass is 9.89. The summed E-state index contributed by atoms with van der Waals surface area (Å²) in [5.74, 6) is -13.4. The van der Waals surface area contributed by atoms with Gasteiger partial charge in [-0.25, -0.2) is 35.9 Å². The fourth-order valence-electron chi connectivity index (χ4n) is 14.4. The number of aryl methyl sites for hydroxylation is 3. The summed E-state index contributed by atoms with van der Waals surface area (Å²) >= 11 is 0. The van der Waals surface area contributed by atoms with Crippen molar-refractivity contribution >= 4 is 79.7 Å². The Morgan fingerprint density at radius 3 is 1.24 bits per heavy atom. The van der Waals surface area contributed by atoms with Crippen LogP contribution < -0.4 is 36.4 Å². The number of nitrogens with one attached hydrogen (secondary N) is 3. The SMILES string of the molecule is CC(C)(C)OC(=O)N1CCC(CC(=O)O)C(F)(F)C1.Cc1ccc(N2C[C@@H](C)[C@@H](N)C2)c2cccnc12.Cc1ccc(N2C[C@@H](C)[C@@H](NC(=O)CC3CCN(C(=O)OC(C)(C)C)CC3(F)F)C2)c2cccnc12.Cc1ccc(N2C[C@@H](C)[C@@H](NC(=O)CC3CCNCC3(F)F)C2)c2cccnc12. The molecule has 12 rings (SSSR count). The highest BCUT2D eigenvalue weighted by molar-refractivity contribution is 5.96. The van der Waals surface area contributed by atoms with E-state index in [4.69, 9.17) is 20.3 Å². The Morgan fingerprint density at radius 2 is 0.892 bits per heavy atom. The first-order valence-electron chi connectivity index (χ1n) is 35.5. The third-order valence-electron chi connectivity index (χ3n) is 20.2. The van der Waals surface area contributed by atoms with Crippen LogP contribution in [0.25, 0.3) is 32.7 Å². The Kier molecular flexibility index (Phi) is 24.6. The van der Waals surface area contributed by atoms with Gasteiger partial charge in [-0.05, 0) is 177 Å². The van der Waals surface area contributed by atoms with Crippen molar-refractivity contribution in [1.29, 1.82) is 0 Å². The number of hydrogen-bond donors (Lipinski definition) is 5. The summed E-state index contributed by atoms with van der Waals surface area (Å²) < 4.78 is 95.6. The van der Waals surface area contributed by atoms with Crippen molar-refractivity contribution in [2.24, 2.45) is 41.2 Å². The first-order chi connectivity index (χ1) is 47.9. The third-order valence-corrected chi connectivity index (χ3v) is 20.2. The summed E-state index contributed by atoms with van der Waals surface area (Å²) in [5.41, 5.74) is 14.6. The molecule has 26 heteroatoms. The minimum absolute atomic E-state index is 0.0431. The van der Waals surface area contributed by atoms with Gasteiger partial charge in [-0.1, -0.05) is 39.0 Å². The third kappa shape index (κ3) is 19.7. The van der Waals surface area contributed by atoms with E-state index in [0.29, 0.717) is 32.0 Å². The van der Waals surface area contributed by atoms with Crippen LogP contribution in [0, 0.1) is 56.3 Å². The highest BCUT2D eigenvalue weighted by atomic mass is 19.3. The van der Waals surface area contributed by atoms with Gasteiger partial charge in [0.1, 0.15) is 11.2 Å². The summed E-state index contributed by atoms with van der Waals surface area (Å²) in [5, 5.41) is 20.7. The molecule has 0 radical (unpaired) electrons. The van der Waals surface area contributed by atoms with E-state index in [1.807, 2.05) is 50.4 Å². The van der Waals surface area contributed by atoms with Crippen molar-refractivity contribution in [3.05, 3.63) is 108 Å². The molecule has 0 aliphatic carbocycles. The molecule has 3 aromatic heterocycles. The zero-order chi connectivity index (χ0) is 74.4. The number of halogens is 6.